The molecule has 0 N–H and O–H groups in total. The molecule has 0 aromatic rings. The second kappa shape index (κ2) is 12.3. The van der Waals surface area contributed by atoms with Gasteiger partial charge < -0.3 is 3.07 Å². The minimum Gasteiger partial charge on any atom is -0.308 e. The maximum Gasteiger partial charge on any atom is 0.158 e. The predicted molar refractivity (Wildman–Crippen MR) is 83.3 cm³/mol. The van der Waals surface area contributed by atoms with Gasteiger partial charge in [-0.15, -0.1) is 0 Å². The molecule has 0 fully saturated rings. The van der Waals surface area contributed by atoms with Crippen molar-refractivity contribution < 1.29 is 7.86 Å². The van der Waals surface area contributed by atoms with Crippen LogP contribution in [0.15, 0.2) is 23.3 Å². The van der Waals surface area contributed by atoms with Crippen LogP contribution in [0.3, 0.4) is 0 Å². The Hall–Kier alpha value is -0.160. The Morgan fingerprint density at radius 3 is 2.18 bits per heavy atom. The lowest BCUT2D eigenvalue weighted by Crippen LogP contribution is -2.13. The summed E-state index contributed by atoms with van der Waals surface area (Å²) in [7, 11) is 0. The van der Waals surface area contributed by atoms with Crippen LogP contribution in [0, 0.1) is 0 Å². The molecule has 0 aliphatic heterocycles. The highest BCUT2D eigenvalue weighted by molar-refractivity contribution is 14.1. The van der Waals surface area contributed by atoms with Crippen molar-refractivity contribution in [3.63, 3.8) is 0 Å². The van der Waals surface area contributed by atoms with Gasteiger partial charge in [-0.05, 0) is 31.4 Å². The Morgan fingerprint density at radius 1 is 1.35 bits per heavy atom. The Labute approximate surface area is 120 Å². The van der Waals surface area contributed by atoms with Gasteiger partial charge in [-0.2, -0.15) is 0 Å². The van der Waals surface area contributed by atoms with Gasteiger partial charge in [0.25, 0.3) is 0 Å². The van der Waals surface area contributed by atoms with E-state index in [-0.39, 0.29) is 11.9 Å². The molecule has 0 aromatic heterocycles. The summed E-state index contributed by atoms with van der Waals surface area (Å²) in [5, 5.41) is 0. The van der Waals surface area contributed by atoms with Gasteiger partial charge in [0.2, 0.25) is 0 Å². The minimum atomic E-state index is 0.0114. The monoisotopic (exact) mass is 352 g/mol. The fraction of sp³-hybridized carbons (Fsp3) is 0.643. The van der Waals surface area contributed by atoms with E-state index in [9.17, 15) is 4.79 Å². The standard InChI is InChI=1S/C12H19IO2.C2H6/c1-5-8-10(12(7-3)15-13)9(4)11(14)6-2;1-2/h5,8,12H,6-7H2,1-4H3;1-2H3/b8-5-,10-9-;. The Bertz CT molecular complexity index is 263. The molecule has 0 heterocycles. The highest BCUT2D eigenvalue weighted by Gasteiger charge is 2.15. The quantitative estimate of drug-likeness (QED) is 0.381. The van der Waals surface area contributed by atoms with E-state index in [1.165, 1.54) is 0 Å². The molecule has 0 aromatic carbocycles. The smallest absolute Gasteiger partial charge is 0.158 e. The number of Topliss-reactive ketones (excluding diaryl/α,β-unsaturated/α-hetero) is 1. The maximum atomic E-state index is 11.6. The molecule has 1 atom stereocenters. The van der Waals surface area contributed by atoms with Crippen molar-refractivity contribution in [1.29, 1.82) is 0 Å². The summed E-state index contributed by atoms with van der Waals surface area (Å²) in [5.41, 5.74) is 1.82. The van der Waals surface area contributed by atoms with E-state index >= 15 is 0 Å². The third-order valence-electron chi connectivity index (χ3n) is 2.34. The number of carbonyl (C=O) groups excluding carboxylic acids is 1. The molecule has 1 unspecified atom stereocenters. The molecule has 3 heteroatoms. The average Bonchev–Trinajstić information content (AvgIpc) is 2.39. The summed E-state index contributed by atoms with van der Waals surface area (Å²) in [4.78, 5) is 11.6. The van der Waals surface area contributed by atoms with Gasteiger partial charge in [0, 0.05) is 6.42 Å². The summed E-state index contributed by atoms with van der Waals surface area (Å²) in [6.07, 6.45) is 5.34. The number of rotatable bonds is 6. The Kier molecular flexibility index (Phi) is 13.9. The van der Waals surface area contributed by atoms with Crippen LogP contribution in [0.1, 0.15) is 54.4 Å². The van der Waals surface area contributed by atoms with E-state index in [1.54, 1.807) is 0 Å². The molecule has 0 saturated carbocycles. The highest BCUT2D eigenvalue weighted by atomic mass is 127. The van der Waals surface area contributed by atoms with E-state index in [4.69, 9.17) is 3.07 Å². The first-order valence-corrected chi connectivity index (χ1v) is 7.14. The third-order valence-corrected chi connectivity index (χ3v) is 2.96. The number of hydrogen-bond donors (Lipinski definition) is 0. The molecule has 0 aliphatic carbocycles. The van der Waals surface area contributed by atoms with Gasteiger partial charge in [0.15, 0.2) is 5.78 Å². The molecule has 0 aliphatic rings. The zero-order chi connectivity index (χ0) is 13.8. The zero-order valence-electron chi connectivity index (χ0n) is 11.8. The van der Waals surface area contributed by atoms with Crippen LogP contribution in [0.25, 0.3) is 0 Å². The molecular formula is C14H25IO2. The Morgan fingerprint density at radius 2 is 1.88 bits per heavy atom. The number of hydrogen-bond acceptors (Lipinski definition) is 2. The predicted octanol–water partition coefficient (Wildman–Crippen LogP) is 5.03. The zero-order valence-corrected chi connectivity index (χ0v) is 14.0. The average molecular weight is 352 g/mol. The largest absolute Gasteiger partial charge is 0.308 e. The van der Waals surface area contributed by atoms with E-state index in [0.29, 0.717) is 6.42 Å². The highest BCUT2D eigenvalue weighted by Crippen LogP contribution is 2.20. The lowest BCUT2D eigenvalue weighted by molar-refractivity contribution is -0.115. The van der Waals surface area contributed by atoms with Crippen LogP contribution in [0.4, 0.5) is 0 Å². The van der Waals surface area contributed by atoms with Gasteiger partial charge in [-0.1, -0.05) is 39.8 Å². The molecule has 17 heavy (non-hydrogen) atoms. The van der Waals surface area contributed by atoms with Gasteiger partial charge in [-0.25, -0.2) is 0 Å². The summed E-state index contributed by atoms with van der Waals surface area (Å²) in [5.74, 6) is 0.190. The maximum absolute atomic E-state index is 11.6. The van der Waals surface area contributed by atoms with Gasteiger partial charge in [0.1, 0.15) is 23.0 Å². The number of allylic oxidation sites excluding steroid dienone is 2. The second-order valence-electron chi connectivity index (χ2n) is 3.34. The number of ketones is 1. The molecule has 0 spiro atoms. The van der Waals surface area contributed by atoms with Crippen molar-refractivity contribution in [3.8, 4) is 0 Å². The topological polar surface area (TPSA) is 26.3 Å². The summed E-state index contributed by atoms with van der Waals surface area (Å²) >= 11 is 1.89. The molecule has 100 valence electrons. The summed E-state index contributed by atoms with van der Waals surface area (Å²) < 4.78 is 5.34. The SMILES string of the molecule is C/C=C\C(=C(/C)C(=O)CC)C(CC)OI.CC. The van der Waals surface area contributed by atoms with Crippen molar-refractivity contribution in [2.45, 2.75) is 60.5 Å². The summed E-state index contributed by atoms with van der Waals surface area (Å²) in [6.45, 7) is 11.8. The van der Waals surface area contributed by atoms with E-state index in [1.807, 2.05) is 69.8 Å². The van der Waals surface area contributed by atoms with E-state index in [2.05, 4.69) is 6.92 Å². The van der Waals surface area contributed by atoms with Crippen LogP contribution in [0.2, 0.25) is 0 Å². The van der Waals surface area contributed by atoms with Crippen LogP contribution in [-0.4, -0.2) is 11.9 Å². The van der Waals surface area contributed by atoms with Gasteiger partial charge in [0.05, 0.1) is 6.10 Å². The van der Waals surface area contributed by atoms with Crippen molar-refractivity contribution in [2.75, 3.05) is 0 Å². The van der Waals surface area contributed by atoms with Crippen LogP contribution >= 0.6 is 23.0 Å². The molecule has 2 nitrogen and oxygen atoms in total. The fourth-order valence-corrected chi connectivity index (χ4v) is 2.04. The second-order valence-corrected chi connectivity index (χ2v) is 3.85. The van der Waals surface area contributed by atoms with Crippen LogP contribution in [-0.2, 0) is 7.86 Å². The minimum absolute atomic E-state index is 0.0114. The van der Waals surface area contributed by atoms with Crippen molar-refractivity contribution in [1.82, 2.24) is 0 Å². The molecule has 0 amide bonds. The molecule has 0 rings (SSSR count). The first kappa shape index (κ1) is 19.2. The first-order valence-electron chi connectivity index (χ1n) is 6.26. The first-order chi connectivity index (χ1) is 8.12. The lowest BCUT2D eigenvalue weighted by atomic mass is 9.97. The Balaban J connectivity index is 0. The molecule has 0 bridgehead atoms. The van der Waals surface area contributed by atoms with Crippen molar-refractivity contribution in [2.24, 2.45) is 0 Å². The molecule has 0 radical (unpaired) electrons. The van der Waals surface area contributed by atoms with Crippen LogP contribution < -0.4 is 0 Å². The van der Waals surface area contributed by atoms with Gasteiger partial charge in [-0.3, -0.25) is 4.79 Å². The summed E-state index contributed by atoms with van der Waals surface area (Å²) in [6, 6.07) is 0. The lowest BCUT2D eigenvalue weighted by Gasteiger charge is -2.15. The number of halogens is 1. The van der Waals surface area contributed by atoms with E-state index < -0.39 is 0 Å². The third kappa shape index (κ3) is 6.99. The molecular weight excluding hydrogens is 327 g/mol. The van der Waals surface area contributed by atoms with Crippen molar-refractivity contribution >= 4 is 28.8 Å². The fourth-order valence-electron chi connectivity index (χ4n) is 1.41. The van der Waals surface area contributed by atoms with Crippen molar-refractivity contribution in [3.05, 3.63) is 23.3 Å². The molecule has 0 saturated heterocycles. The number of carbonyl (C=O) groups is 1. The van der Waals surface area contributed by atoms with Crippen LogP contribution in [0.5, 0.6) is 0 Å². The normalized spacial score (nSPS) is 13.8. The van der Waals surface area contributed by atoms with E-state index in [0.717, 1.165) is 17.6 Å². The van der Waals surface area contributed by atoms with Gasteiger partial charge >= 0.3 is 0 Å².